The Balaban J connectivity index is 1.88. The molecular weight excluding hydrogens is 273 g/mol. The third-order valence-corrected chi connectivity index (χ3v) is 4.52. The molecule has 0 aliphatic heterocycles. The average molecular weight is 291 g/mol. The Morgan fingerprint density at radius 2 is 2.00 bits per heavy atom. The molecular formula is C16H18FNOS. The number of carbonyl (C=O) groups is 1. The zero-order chi connectivity index (χ0) is 14.5. The first-order valence-electron chi connectivity index (χ1n) is 6.60. The predicted molar refractivity (Wildman–Crippen MR) is 80.7 cm³/mol. The number of Topliss-reactive ketones (excluding diaryl/α,β-unsaturated/α-hetero) is 1. The van der Waals surface area contributed by atoms with Crippen LogP contribution >= 0.6 is 11.3 Å². The fourth-order valence-electron chi connectivity index (χ4n) is 2.00. The van der Waals surface area contributed by atoms with Gasteiger partial charge in [-0.15, -0.1) is 11.3 Å². The summed E-state index contributed by atoms with van der Waals surface area (Å²) in [6.45, 7) is 2.82. The molecule has 1 aromatic heterocycles. The van der Waals surface area contributed by atoms with Gasteiger partial charge in [-0.2, -0.15) is 0 Å². The summed E-state index contributed by atoms with van der Waals surface area (Å²) in [6.07, 6.45) is 0.442. The Bertz CT molecular complexity index is 550. The van der Waals surface area contributed by atoms with Crippen molar-refractivity contribution in [2.24, 2.45) is 0 Å². The normalized spacial score (nSPS) is 12.6. The predicted octanol–water partition coefficient (Wildman–Crippen LogP) is 4.15. The number of halogens is 1. The standard InChI is InChI=1S/C16H18FNOS/c1-12(16-4-3-11-20-16)18(2)10-9-15(19)13-5-7-14(17)8-6-13/h3-8,11-12H,9-10H2,1-2H3. The third kappa shape index (κ3) is 3.74. The molecule has 1 atom stereocenters. The molecule has 106 valence electrons. The highest BCUT2D eigenvalue weighted by Gasteiger charge is 2.14. The van der Waals surface area contributed by atoms with Gasteiger partial charge in [0.15, 0.2) is 5.78 Å². The van der Waals surface area contributed by atoms with E-state index < -0.39 is 0 Å². The molecule has 2 rings (SSSR count). The summed E-state index contributed by atoms with van der Waals surface area (Å²) in [7, 11) is 2.02. The van der Waals surface area contributed by atoms with Crippen LogP contribution in [-0.4, -0.2) is 24.3 Å². The molecule has 0 bridgehead atoms. The minimum absolute atomic E-state index is 0.0511. The van der Waals surface area contributed by atoms with Crippen molar-refractivity contribution in [2.45, 2.75) is 19.4 Å². The van der Waals surface area contributed by atoms with Crippen LogP contribution in [0.2, 0.25) is 0 Å². The molecule has 1 heterocycles. The van der Waals surface area contributed by atoms with Gasteiger partial charge >= 0.3 is 0 Å². The van der Waals surface area contributed by atoms with Crippen LogP contribution < -0.4 is 0 Å². The Morgan fingerprint density at radius 1 is 1.30 bits per heavy atom. The molecule has 0 saturated carbocycles. The Morgan fingerprint density at radius 3 is 2.60 bits per heavy atom. The zero-order valence-electron chi connectivity index (χ0n) is 11.7. The van der Waals surface area contributed by atoms with Crippen LogP contribution in [-0.2, 0) is 0 Å². The van der Waals surface area contributed by atoms with Crippen LogP contribution in [0.4, 0.5) is 4.39 Å². The van der Waals surface area contributed by atoms with Gasteiger partial charge in [-0.1, -0.05) is 6.07 Å². The number of nitrogens with zero attached hydrogens (tertiary/aromatic N) is 1. The molecule has 0 amide bonds. The lowest BCUT2D eigenvalue weighted by Gasteiger charge is -2.23. The summed E-state index contributed by atoms with van der Waals surface area (Å²) in [5.41, 5.74) is 0.573. The van der Waals surface area contributed by atoms with Gasteiger partial charge in [0.25, 0.3) is 0 Å². The topological polar surface area (TPSA) is 20.3 Å². The van der Waals surface area contributed by atoms with E-state index in [0.29, 0.717) is 24.6 Å². The van der Waals surface area contributed by atoms with Gasteiger partial charge in [-0.3, -0.25) is 9.69 Å². The summed E-state index contributed by atoms with van der Waals surface area (Å²) in [5.74, 6) is -0.264. The summed E-state index contributed by atoms with van der Waals surface area (Å²) >= 11 is 1.72. The highest BCUT2D eigenvalue weighted by molar-refractivity contribution is 7.10. The molecule has 0 aliphatic rings. The van der Waals surface area contributed by atoms with E-state index in [0.717, 1.165) is 0 Å². The van der Waals surface area contributed by atoms with E-state index in [9.17, 15) is 9.18 Å². The molecule has 0 fully saturated rings. The first-order valence-corrected chi connectivity index (χ1v) is 7.48. The summed E-state index contributed by atoms with van der Waals surface area (Å²) < 4.78 is 12.8. The molecule has 0 saturated heterocycles. The second-order valence-corrected chi connectivity index (χ2v) is 5.83. The third-order valence-electron chi connectivity index (χ3n) is 3.47. The molecule has 0 spiro atoms. The van der Waals surface area contributed by atoms with Crippen LogP contribution in [0.5, 0.6) is 0 Å². The van der Waals surface area contributed by atoms with Gasteiger partial charge in [0, 0.05) is 29.4 Å². The highest BCUT2D eigenvalue weighted by Crippen LogP contribution is 2.23. The van der Waals surface area contributed by atoms with Crippen molar-refractivity contribution < 1.29 is 9.18 Å². The highest BCUT2D eigenvalue weighted by atomic mass is 32.1. The van der Waals surface area contributed by atoms with E-state index in [2.05, 4.69) is 23.3 Å². The summed E-state index contributed by atoms with van der Waals surface area (Å²) in [4.78, 5) is 15.5. The van der Waals surface area contributed by atoms with Crippen molar-refractivity contribution in [2.75, 3.05) is 13.6 Å². The zero-order valence-corrected chi connectivity index (χ0v) is 12.5. The van der Waals surface area contributed by atoms with Crippen LogP contribution in [0.25, 0.3) is 0 Å². The van der Waals surface area contributed by atoms with Crippen molar-refractivity contribution >= 4 is 17.1 Å². The van der Waals surface area contributed by atoms with Crippen molar-refractivity contribution in [3.63, 3.8) is 0 Å². The maximum atomic E-state index is 12.8. The SMILES string of the molecule is CC(c1cccs1)N(C)CCC(=O)c1ccc(F)cc1. The number of hydrogen-bond donors (Lipinski definition) is 0. The molecule has 1 unspecified atom stereocenters. The lowest BCUT2D eigenvalue weighted by molar-refractivity contribution is 0.0962. The van der Waals surface area contributed by atoms with Crippen LogP contribution in [0, 0.1) is 5.82 Å². The molecule has 20 heavy (non-hydrogen) atoms. The van der Waals surface area contributed by atoms with Gasteiger partial charge in [0.2, 0.25) is 0 Å². The van der Waals surface area contributed by atoms with Crippen LogP contribution in [0.15, 0.2) is 41.8 Å². The van der Waals surface area contributed by atoms with Gasteiger partial charge < -0.3 is 0 Å². The smallest absolute Gasteiger partial charge is 0.164 e. The number of carbonyl (C=O) groups excluding carboxylic acids is 1. The lowest BCUT2D eigenvalue weighted by atomic mass is 10.1. The minimum atomic E-state index is -0.315. The van der Waals surface area contributed by atoms with Crippen LogP contribution in [0.1, 0.15) is 34.6 Å². The molecule has 0 aliphatic carbocycles. The molecule has 0 radical (unpaired) electrons. The van der Waals surface area contributed by atoms with Gasteiger partial charge in [-0.25, -0.2) is 4.39 Å². The molecule has 0 N–H and O–H groups in total. The van der Waals surface area contributed by atoms with E-state index in [1.165, 1.54) is 17.0 Å². The van der Waals surface area contributed by atoms with Crippen LogP contribution in [0.3, 0.4) is 0 Å². The van der Waals surface area contributed by atoms with Crippen molar-refractivity contribution in [3.8, 4) is 0 Å². The number of thiophene rings is 1. The molecule has 2 aromatic rings. The number of rotatable bonds is 6. The van der Waals surface area contributed by atoms with Gasteiger partial charge in [0.1, 0.15) is 5.82 Å². The largest absolute Gasteiger partial charge is 0.298 e. The number of benzene rings is 1. The number of hydrogen-bond acceptors (Lipinski definition) is 3. The summed E-state index contributed by atoms with van der Waals surface area (Å²) in [5, 5.41) is 2.06. The maximum Gasteiger partial charge on any atom is 0.164 e. The van der Waals surface area contributed by atoms with E-state index in [4.69, 9.17) is 0 Å². The first-order chi connectivity index (χ1) is 9.58. The van der Waals surface area contributed by atoms with Gasteiger partial charge in [0.05, 0.1) is 0 Å². The fraction of sp³-hybridized carbons (Fsp3) is 0.312. The minimum Gasteiger partial charge on any atom is -0.298 e. The quantitative estimate of drug-likeness (QED) is 0.745. The Hall–Kier alpha value is -1.52. The maximum absolute atomic E-state index is 12.8. The lowest BCUT2D eigenvalue weighted by Crippen LogP contribution is -2.24. The Kier molecular flexibility index (Phi) is 5.04. The second kappa shape index (κ2) is 6.77. The first kappa shape index (κ1) is 14.9. The van der Waals surface area contributed by atoms with E-state index in [-0.39, 0.29) is 11.6 Å². The second-order valence-electron chi connectivity index (χ2n) is 4.85. The summed E-state index contributed by atoms with van der Waals surface area (Å²) in [6, 6.07) is 10.2. The molecule has 1 aromatic carbocycles. The fourth-order valence-corrected chi connectivity index (χ4v) is 2.85. The van der Waals surface area contributed by atoms with Crippen molar-refractivity contribution in [1.82, 2.24) is 4.90 Å². The van der Waals surface area contributed by atoms with E-state index >= 15 is 0 Å². The average Bonchev–Trinajstić information content (AvgIpc) is 2.98. The number of ketones is 1. The monoisotopic (exact) mass is 291 g/mol. The Labute approximate surface area is 122 Å². The molecule has 4 heteroatoms. The van der Waals surface area contributed by atoms with E-state index in [1.807, 2.05) is 13.1 Å². The van der Waals surface area contributed by atoms with Crippen molar-refractivity contribution in [1.29, 1.82) is 0 Å². The van der Waals surface area contributed by atoms with Crippen molar-refractivity contribution in [3.05, 3.63) is 58.0 Å². The molecule has 2 nitrogen and oxygen atoms in total. The van der Waals surface area contributed by atoms with E-state index in [1.54, 1.807) is 23.5 Å². The van der Waals surface area contributed by atoms with Gasteiger partial charge in [-0.05, 0) is 49.7 Å².